The van der Waals surface area contributed by atoms with E-state index in [1.165, 1.54) is 0 Å². The summed E-state index contributed by atoms with van der Waals surface area (Å²) in [5.74, 6) is 1.72. The molecule has 3 heteroatoms. The van der Waals surface area contributed by atoms with Crippen molar-refractivity contribution in [2.45, 2.75) is 0 Å². The van der Waals surface area contributed by atoms with Gasteiger partial charge in [0.2, 0.25) is 0 Å². The average molecular weight is 284 g/mol. The zero-order chi connectivity index (χ0) is 14.5. The second-order valence-corrected chi connectivity index (χ2v) is 5.30. The van der Waals surface area contributed by atoms with E-state index in [2.05, 4.69) is 39.7 Å². The van der Waals surface area contributed by atoms with Gasteiger partial charge >= 0.3 is 0 Å². The predicted molar refractivity (Wildman–Crippen MR) is 83.7 cm³/mol. The molecule has 0 saturated heterocycles. The third kappa shape index (κ3) is 1.48. The summed E-state index contributed by atoms with van der Waals surface area (Å²) in [5.41, 5.74) is 4.23. The Bertz CT molecular complexity index is 1000. The van der Waals surface area contributed by atoms with Gasteiger partial charge in [0.15, 0.2) is 0 Å². The molecule has 0 amide bonds. The van der Waals surface area contributed by atoms with Crippen LogP contribution in [0.3, 0.4) is 0 Å². The van der Waals surface area contributed by atoms with Crippen LogP contribution in [0.4, 0.5) is 0 Å². The summed E-state index contributed by atoms with van der Waals surface area (Å²) in [7, 11) is 0. The highest BCUT2D eigenvalue weighted by Gasteiger charge is 2.22. The summed E-state index contributed by atoms with van der Waals surface area (Å²) >= 11 is 0. The quantitative estimate of drug-likeness (QED) is 0.338. The maximum absolute atomic E-state index is 6.04. The van der Waals surface area contributed by atoms with Crippen LogP contribution in [-0.2, 0) is 0 Å². The zero-order valence-corrected chi connectivity index (χ0v) is 11.7. The van der Waals surface area contributed by atoms with Crippen LogP contribution in [0.2, 0.25) is 0 Å². The Kier molecular flexibility index (Phi) is 2.22. The largest absolute Gasteiger partial charge is 0.465 e. The van der Waals surface area contributed by atoms with Gasteiger partial charge in [0.25, 0.3) is 6.33 Å². The van der Waals surface area contributed by atoms with Crippen molar-refractivity contribution >= 4 is 11.0 Å². The van der Waals surface area contributed by atoms with E-state index in [4.69, 9.17) is 4.74 Å². The standard InChI is InChI=1S/C19H12N2O/c1-2-7-14(8-3-1)20-13-21-15-9-4-5-11-17(15)22-18-12-6-10-16(20)19(18)21/h1-12H. The van der Waals surface area contributed by atoms with E-state index in [0.29, 0.717) is 0 Å². The molecule has 104 valence electrons. The van der Waals surface area contributed by atoms with Crippen LogP contribution in [0, 0.1) is 6.33 Å². The number of hydrogen-bond acceptors (Lipinski definition) is 1. The second kappa shape index (κ2) is 4.21. The van der Waals surface area contributed by atoms with Gasteiger partial charge in [-0.1, -0.05) is 42.5 Å². The van der Waals surface area contributed by atoms with Gasteiger partial charge in [0.1, 0.15) is 22.7 Å². The van der Waals surface area contributed by atoms with Crippen LogP contribution in [0.1, 0.15) is 0 Å². The molecule has 1 aromatic heterocycles. The number of aromatic nitrogens is 2. The van der Waals surface area contributed by atoms with Crippen LogP contribution in [0.15, 0.2) is 72.8 Å². The molecule has 0 N–H and O–H groups in total. The van der Waals surface area contributed by atoms with E-state index in [-0.39, 0.29) is 0 Å². The van der Waals surface area contributed by atoms with Crippen molar-refractivity contribution in [1.82, 2.24) is 4.57 Å². The van der Waals surface area contributed by atoms with Crippen LogP contribution in [0.25, 0.3) is 22.4 Å². The molecule has 3 aromatic carbocycles. The van der Waals surface area contributed by atoms with Gasteiger partial charge in [-0.15, -0.1) is 0 Å². The molecule has 0 bridgehead atoms. The Morgan fingerprint density at radius 3 is 2.45 bits per heavy atom. The molecule has 5 rings (SSSR count). The molecule has 0 radical (unpaired) electrons. The molecular formula is C19H12N2O. The first-order valence-corrected chi connectivity index (χ1v) is 7.23. The maximum Gasteiger partial charge on any atom is 0.270 e. The molecule has 1 aliphatic heterocycles. The number of rotatable bonds is 1. The first-order chi connectivity index (χ1) is 10.9. The van der Waals surface area contributed by atoms with Gasteiger partial charge in [-0.3, -0.25) is 9.13 Å². The molecule has 22 heavy (non-hydrogen) atoms. The van der Waals surface area contributed by atoms with Crippen LogP contribution >= 0.6 is 0 Å². The van der Waals surface area contributed by atoms with Gasteiger partial charge in [-0.2, -0.15) is 0 Å². The smallest absolute Gasteiger partial charge is 0.270 e. The van der Waals surface area contributed by atoms with Crippen molar-refractivity contribution in [2.24, 2.45) is 0 Å². The van der Waals surface area contributed by atoms with E-state index in [0.717, 1.165) is 33.9 Å². The minimum Gasteiger partial charge on any atom is -0.465 e. The number of fused-ring (bicyclic) bond motifs is 2. The number of nitrogens with zero attached hydrogens (tertiary/aromatic N) is 2. The first kappa shape index (κ1) is 11.6. The fourth-order valence-electron chi connectivity index (χ4n) is 3.00. The zero-order valence-electron chi connectivity index (χ0n) is 11.7. The highest BCUT2D eigenvalue weighted by Crippen LogP contribution is 2.36. The SMILES string of the molecule is [c-]1n(-c2ccccc2)c2cccc3c2[n+]1-c1ccccc1O3. The summed E-state index contributed by atoms with van der Waals surface area (Å²) in [6.45, 7) is 0. The third-order valence-electron chi connectivity index (χ3n) is 3.98. The minimum atomic E-state index is 0.856. The highest BCUT2D eigenvalue weighted by atomic mass is 16.5. The van der Waals surface area contributed by atoms with E-state index < -0.39 is 0 Å². The van der Waals surface area contributed by atoms with E-state index in [1.54, 1.807) is 0 Å². The summed E-state index contributed by atoms with van der Waals surface area (Å²) in [5, 5.41) is 0. The first-order valence-electron chi connectivity index (χ1n) is 7.23. The molecule has 4 aromatic rings. The third-order valence-corrected chi connectivity index (χ3v) is 3.98. The number of imidazole rings is 1. The molecule has 0 aliphatic carbocycles. The van der Waals surface area contributed by atoms with Crippen molar-refractivity contribution in [3.8, 4) is 22.9 Å². The Morgan fingerprint density at radius 2 is 1.55 bits per heavy atom. The fourth-order valence-corrected chi connectivity index (χ4v) is 3.00. The summed E-state index contributed by atoms with van der Waals surface area (Å²) < 4.78 is 10.2. The molecule has 0 saturated carbocycles. The Hall–Kier alpha value is -3.07. The van der Waals surface area contributed by atoms with Crippen LogP contribution in [0.5, 0.6) is 11.5 Å². The second-order valence-electron chi connectivity index (χ2n) is 5.30. The van der Waals surface area contributed by atoms with Gasteiger partial charge in [-0.05, 0) is 30.3 Å². The lowest BCUT2D eigenvalue weighted by Crippen LogP contribution is -2.32. The van der Waals surface area contributed by atoms with E-state index in [9.17, 15) is 0 Å². The average Bonchev–Trinajstić information content (AvgIpc) is 2.98. The van der Waals surface area contributed by atoms with E-state index in [1.807, 2.05) is 48.5 Å². The molecule has 2 heterocycles. The fraction of sp³-hybridized carbons (Fsp3) is 0. The summed E-state index contributed by atoms with van der Waals surface area (Å²) in [6.07, 6.45) is 3.46. The molecule has 0 fully saturated rings. The maximum atomic E-state index is 6.04. The van der Waals surface area contributed by atoms with Gasteiger partial charge < -0.3 is 4.74 Å². The van der Waals surface area contributed by atoms with Crippen molar-refractivity contribution < 1.29 is 9.30 Å². The lowest BCUT2D eigenvalue weighted by atomic mass is 10.2. The minimum absolute atomic E-state index is 0.856. The van der Waals surface area contributed by atoms with Crippen molar-refractivity contribution in [3.63, 3.8) is 0 Å². The Morgan fingerprint density at radius 1 is 0.773 bits per heavy atom. The van der Waals surface area contributed by atoms with Crippen molar-refractivity contribution in [3.05, 3.63) is 79.1 Å². The summed E-state index contributed by atoms with van der Waals surface area (Å²) in [4.78, 5) is 0. The lowest BCUT2D eigenvalue weighted by Gasteiger charge is -2.18. The van der Waals surface area contributed by atoms with Gasteiger partial charge in [0, 0.05) is 0 Å². The summed E-state index contributed by atoms with van der Waals surface area (Å²) in [6, 6.07) is 24.4. The van der Waals surface area contributed by atoms with E-state index >= 15 is 0 Å². The number of benzene rings is 3. The predicted octanol–water partition coefficient (Wildman–Crippen LogP) is 3.81. The molecular weight excluding hydrogens is 272 g/mol. The van der Waals surface area contributed by atoms with Crippen LogP contribution < -0.4 is 9.30 Å². The monoisotopic (exact) mass is 284 g/mol. The number of hydrogen-bond donors (Lipinski definition) is 0. The van der Waals surface area contributed by atoms with Crippen LogP contribution in [-0.4, -0.2) is 4.57 Å². The highest BCUT2D eigenvalue weighted by molar-refractivity contribution is 5.82. The molecule has 1 aliphatic rings. The lowest BCUT2D eigenvalue weighted by molar-refractivity contribution is -0.575. The molecule has 0 unspecified atom stereocenters. The molecule has 0 spiro atoms. The number of ether oxygens (including phenoxy) is 1. The molecule has 0 atom stereocenters. The van der Waals surface area contributed by atoms with Crippen molar-refractivity contribution in [1.29, 1.82) is 0 Å². The van der Waals surface area contributed by atoms with Crippen molar-refractivity contribution in [2.75, 3.05) is 0 Å². The molecule has 3 nitrogen and oxygen atoms in total. The topological polar surface area (TPSA) is 18.0 Å². The Labute approximate surface area is 127 Å². The Balaban J connectivity index is 1.90. The normalized spacial score (nSPS) is 12.0. The van der Waals surface area contributed by atoms with Gasteiger partial charge in [-0.25, -0.2) is 0 Å². The number of para-hydroxylation sites is 4. The van der Waals surface area contributed by atoms with Gasteiger partial charge in [0.05, 0.1) is 11.2 Å².